The molecule has 1 saturated heterocycles. The number of rotatable bonds is 10. The molecule has 0 saturated carbocycles. The monoisotopic (exact) mass is 463 g/mol. The molecule has 2 aromatic carbocycles. The molecular formula is C27H33N3O4. The second-order valence-electron chi connectivity index (χ2n) is 8.37. The lowest BCUT2D eigenvalue weighted by Crippen LogP contribution is -2.37. The van der Waals surface area contributed by atoms with Gasteiger partial charge in [-0.3, -0.25) is 4.79 Å². The largest absolute Gasteiger partial charge is 0.496 e. The SMILES string of the molecule is CCN(CC)c1onc(-c2ccccc2)c1CN(CC1CCCO1)C(=O)c1ccccc1OC. The molecule has 7 heteroatoms. The molecule has 1 atom stereocenters. The number of amides is 1. The van der Waals surface area contributed by atoms with E-state index < -0.39 is 0 Å². The van der Waals surface area contributed by atoms with Gasteiger partial charge >= 0.3 is 0 Å². The maximum atomic E-state index is 13.8. The highest BCUT2D eigenvalue weighted by Gasteiger charge is 2.29. The highest BCUT2D eigenvalue weighted by molar-refractivity contribution is 5.97. The third-order valence-corrected chi connectivity index (χ3v) is 6.29. The van der Waals surface area contributed by atoms with Crippen molar-refractivity contribution >= 4 is 11.8 Å². The molecule has 1 fully saturated rings. The van der Waals surface area contributed by atoms with Gasteiger partial charge in [0.05, 0.1) is 30.9 Å². The Hall–Kier alpha value is -3.32. The lowest BCUT2D eigenvalue weighted by Gasteiger charge is -2.27. The van der Waals surface area contributed by atoms with Gasteiger partial charge in [0.2, 0.25) is 5.88 Å². The molecule has 3 aromatic rings. The first-order valence-electron chi connectivity index (χ1n) is 12.0. The molecule has 1 amide bonds. The molecule has 0 radical (unpaired) electrons. The molecule has 0 spiro atoms. The summed E-state index contributed by atoms with van der Waals surface area (Å²) in [6.45, 7) is 7.31. The van der Waals surface area contributed by atoms with Crippen LogP contribution in [0.4, 0.5) is 5.88 Å². The van der Waals surface area contributed by atoms with Crippen LogP contribution < -0.4 is 9.64 Å². The summed E-state index contributed by atoms with van der Waals surface area (Å²) >= 11 is 0. The number of anilines is 1. The number of hydrogen-bond acceptors (Lipinski definition) is 6. The summed E-state index contributed by atoms with van der Waals surface area (Å²) in [5.74, 6) is 1.16. The zero-order valence-corrected chi connectivity index (χ0v) is 20.2. The summed E-state index contributed by atoms with van der Waals surface area (Å²) < 4.78 is 17.3. The first kappa shape index (κ1) is 23.8. The van der Waals surface area contributed by atoms with Gasteiger partial charge in [-0.25, -0.2) is 0 Å². The summed E-state index contributed by atoms with van der Waals surface area (Å²) in [6, 6.07) is 17.3. The molecule has 0 N–H and O–H groups in total. The van der Waals surface area contributed by atoms with Gasteiger partial charge in [0.25, 0.3) is 5.91 Å². The van der Waals surface area contributed by atoms with Gasteiger partial charge in [0, 0.05) is 31.8 Å². The first-order chi connectivity index (χ1) is 16.7. The average molecular weight is 464 g/mol. The quantitative estimate of drug-likeness (QED) is 0.421. The summed E-state index contributed by atoms with van der Waals surface area (Å²) in [5, 5.41) is 4.44. The van der Waals surface area contributed by atoms with Crippen LogP contribution in [0.3, 0.4) is 0 Å². The Morgan fingerprint density at radius 2 is 1.82 bits per heavy atom. The maximum Gasteiger partial charge on any atom is 0.258 e. The van der Waals surface area contributed by atoms with Crippen molar-refractivity contribution in [3.63, 3.8) is 0 Å². The Kier molecular flexibility index (Phi) is 7.85. The van der Waals surface area contributed by atoms with E-state index in [1.54, 1.807) is 13.2 Å². The molecule has 180 valence electrons. The van der Waals surface area contributed by atoms with Gasteiger partial charge in [-0.15, -0.1) is 0 Å². The first-order valence-corrected chi connectivity index (χ1v) is 12.0. The predicted molar refractivity (Wildman–Crippen MR) is 132 cm³/mol. The smallest absolute Gasteiger partial charge is 0.258 e. The lowest BCUT2D eigenvalue weighted by molar-refractivity contribution is 0.0505. The minimum Gasteiger partial charge on any atom is -0.496 e. The number of aromatic nitrogens is 1. The molecule has 2 heterocycles. The van der Waals surface area contributed by atoms with Gasteiger partial charge in [0.1, 0.15) is 11.4 Å². The van der Waals surface area contributed by atoms with Gasteiger partial charge < -0.3 is 23.8 Å². The van der Waals surface area contributed by atoms with E-state index in [1.807, 2.05) is 53.4 Å². The Bertz CT molecular complexity index is 1070. The van der Waals surface area contributed by atoms with Crippen molar-refractivity contribution in [1.82, 2.24) is 10.1 Å². The fourth-order valence-electron chi connectivity index (χ4n) is 4.46. The number of ether oxygens (including phenoxy) is 2. The van der Waals surface area contributed by atoms with Gasteiger partial charge in [-0.2, -0.15) is 0 Å². The Morgan fingerprint density at radius 3 is 2.50 bits per heavy atom. The van der Waals surface area contributed by atoms with E-state index in [-0.39, 0.29) is 12.0 Å². The van der Waals surface area contributed by atoms with Crippen LogP contribution in [0.5, 0.6) is 5.75 Å². The number of hydrogen-bond donors (Lipinski definition) is 0. The zero-order valence-electron chi connectivity index (χ0n) is 20.2. The molecule has 0 aliphatic carbocycles. The second-order valence-corrected chi connectivity index (χ2v) is 8.37. The molecule has 1 aliphatic rings. The van der Waals surface area contributed by atoms with Crippen LogP contribution in [0.15, 0.2) is 59.1 Å². The van der Waals surface area contributed by atoms with Crippen molar-refractivity contribution in [3.8, 4) is 17.0 Å². The Morgan fingerprint density at radius 1 is 1.09 bits per heavy atom. The van der Waals surface area contributed by atoms with Crippen molar-refractivity contribution in [2.24, 2.45) is 0 Å². The van der Waals surface area contributed by atoms with E-state index in [0.717, 1.165) is 49.4 Å². The van der Waals surface area contributed by atoms with E-state index in [1.165, 1.54) is 0 Å². The van der Waals surface area contributed by atoms with Gasteiger partial charge in [-0.1, -0.05) is 47.6 Å². The van der Waals surface area contributed by atoms with E-state index >= 15 is 0 Å². The van der Waals surface area contributed by atoms with Crippen LogP contribution in [0.1, 0.15) is 42.6 Å². The number of nitrogens with zero attached hydrogens (tertiary/aromatic N) is 3. The molecule has 34 heavy (non-hydrogen) atoms. The maximum absolute atomic E-state index is 13.8. The van der Waals surface area contributed by atoms with Crippen LogP contribution in [-0.2, 0) is 11.3 Å². The number of carbonyl (C=O) groups is 1. The summed E-state index contributed by atoms with van der Waals surface area (Å²) in [4.78, 5) is 17.8. The van der Waals surface area contributed by atoms with Crippen LogP contribution in [0, 0.1) is 0 Å². The predicted octanol–water partition coefficient (Wildman–Crippen LogP) is 5.02. The van der Waals surface area contributed by atoms with Gasteiger partial charge in [0.15, 0.2) is 0 Å². The normalized spacial score (nSPS) is 15.3. The summed E-state index contributed by atoms with van der Waals surface area (Å²) in [6.07, 6.45) is 1.96. The van der Waals surface area contributed by atoms with Crippen LogP contribution in [-0.4, -0.2) is 55.4 Å². The second kappa shape index (κ2) is 11.2. The molecule has 0 bridgehead atoms. The summed E-state index contributed by atoms with van der Waals surface area (Å²) in [7, 11) is 1.59. The molecule has 1 aromatic heterocycles. The molecule has 1 aliphatic heterocycles. The number of benzene rings is 2. The fourth-order valence-corrected chi connectivity index (χ4v) is 4.46. The number of methoxy groups -OCH3 is 1. The molecular weight excluding hydrogens is 430 g/mol. The number of carbonyl (C=O) groups excluding carboxylic acids is 1. The van der Waals surface area contributed by atoms with Crippen molar-refractivity contribution in [2.75, 3.05) is 38.3 Å². The van der Waals surface area contributed by atoms with Crippen molar-refractivity contribution in [3.05, 3.63) is 65.7 Å². The highest BCUT2D eigenvalue weighted by atomic mass is 16.5. The standard InChI is InChI=1S/C27H33N3O4/c1-4-29(5-2)27-23(25(28-34-27)20-12-7-6-8-13-20)19-30(18-21-14-11-17-33-21)26(31)22-15-9-10-16-24(22)32-3/h6-10,12-13,15-16,21H,4-5,11,14,17-19H2,1-3H3. The van der Waals surface area contributed by atoms with Crippen molar-refractivity contribution in [1.29, 1.82) is 0 Å². The zero-order chi connectivity index (χ0) is 23.9. The van der Waals surface area contributed by atoms with E-state index in [2.05, 4.69) is 23.9 Å². The minimum absolute atomic E-state index is 0.00981. The van der Waals surface area contributed by atoms with Gasteiger partial charge in [-0.05, 0) is 38.8 Å². The number of para-hydroxylation sites is 1. The van der Waals surface area contributed by atoms with E-state index in [4.69, 9.17) is 14.0 Å². The third kappa shape index (κ3) is 5.09. The Balaban J connectivity index is 1.75. The minimum atomic E-state index is -0.0985. The van der Waals surface area contributed by atoms with Crippen LogP contribution in [0.25, 0.3) is 11.3 Å². The Labute approximate surface area is 201 Å². The highest BCUT2D eigenvalue weighted by Crippen LogP contribution is 2.33. The molecule has 7 nitrogen and oxygen atoms in total. The summed E-state index contributed by atoms with van der Waals surface area (Å²) in [5.41, 5.74) is 3.15. The van der Waals surface area contributed by atoms with Crippen molar-refractivity contribution < 1.29 is 18.8 Å². The van der Waals surface area contributed by atoms with Crippen molar-refractivity contribution in [2.45, 2.75) is 39.3 Å². The third-order valence-electron chi connectivity index (χ3n) is 6.29. The van der Waals surface area contributed by atoms with E-state index in [0.29, 0.717) is 30.3 Å². The van der Waals surface area contributed by atoms with E-state index in [9.17, 15) is 4.79 Å². The molecule has 4 rings (SSSR count). The molecule has 1 unspecified atom stereocenters. The van der Waals surface area contributed by atoms with Crippen LogP contribution >= 0.6 is 0 Å². The topological polar surface area (TPSA) is 68.0 Å². The average Bonchev–Trinajstić information content (AvgIpc) is 3.55. The lowest BCUT2D eigenvalue weighted by atomic mass is 10.1. The fraction of sp³-hybridized carbons (Fsp3) is 0.407. The van der Waals surface area contributed by atoms with Crippen LogP contribution in [0.2, 0.25) is 0 Å².